The molecule has 0 aromatic heterocycles. The summed E-state index contributed by atoms with van der Waals surface area (Å²) < 4.78 is 1.01. The van der Waals surface area contributed by atoms with Crippen molar-refractivity contribution in [1.82, 2.24) is 5.32 Å². The first-order chi connectivity index (χ1) is 11.1. The molecule has 0 bridgehead atoms. The van der Waals surface area contributed by atoms with Gasteiger partial charge in [-0.05, 0) is 32.6 Å². The van der Waals surface area contributed by atoms with Crippen LogP contribution >= 0.6 is 0 Å². The van der Waals surface area contributed by atoms with Gasteiger partial charge in [-0.3, -0.25) is 9.28 Å². The number of nitrogens with zero attached hydrogens (tertiary/aromatic N) is 2. The fourth-order valence-electron chi connectivity index (χ4n) is 3.28. The van der Waals surface area contributed by atoms with Crippen LogP contribution in [0.4, 0.5) is 0 Å². The Hall–Kier alpha value is -1.16. The van der Waals surface area contributed by atoms with Crippen LogP contribution in [-0.2, 0) is 4.79 Å². The van der Waals surface area contributed by atoms with Crippen molar-refractivity contribution in [2.75, 3.05) is 26.2 Å². The summed E-state index contributed by atoms with van der Waals surface area (Å²) >= 11 is 0. The number of quaternary nitrogens is 1. The third-order valence-electron chi connectivity index (χ3n) is 4.89. The topological polar surface area (TPSA) is 41.5 Å². The molecule has 2 unspecified atom stereocenters. The molecular weight excluding hydrogens is 286 g/mol. The van der Waals surface area contributed by atoms with Crippen molar-refractivity contribution in [3.63, 3.8) is 0 Å². The van der Waals surface area contributed by atoms with Gasteiger partial charge in [0.25, 0.3) is 0 Å². The highest BCUT2D eigenvalue weighted by Crippen LogP contribution is 2.23. The third-order valence-corrected chi connectivity index (χ3v) is 4.89. The molecule has 132 valence electrons. The summed E-state index contributed by atoms with van der Waals surface area (Å²) in [6, 6.07) is 0. The van der Waals surface area contributed by atoms with Crippen LogP contribution in [-0.4, -0.2) is 48.9 Å². The molecule has 4 nitrogen and oxygen atoms in total. The maximum absolute atomic E-state index is 11.1. The lowest BCUT2D eigenvalue weighted by molar-refractivity contribution is -0.935. The number of carbonyl (C=O) groups excluding carboxylic acids is 1. The molecule has 0 fully saturated rings. The minimum absolute atomic E-state index is 0.0609. The maximum Gasteiger partial charge on any atom is 0.217 e. The first-order valence-corrected chi connectivity index (χ1v) is 9.41. The van der Waals surface area contributed by atoms with Crippen LogP contribution in [0.5, 0.6) is 0 Å². The molecule has 0 aromatic rings. The molecule has 1 rings (SSSR count). The van der Waals surface area contributed by atoms with Crippen LogP contribution < -0.4 is 5.32 Å². The number of hydrogen-bond acceptors (Lipinski definition) is 2. The molecule has 4 heteroatoms. The highest BCUT2D eigenvalue weighted by Gasteiger charge is 2.37. The third kappa shape index (κ3) is 7.30. The van der Waals surface area contributed by atoms with Crippen LogP contribution in [0.1, 0.15) is 65.7 Å². The molecule has 0 radical (unpaired) electrons. The predicted molar refractivity (Wildman–Crippen MR) is 98.6 cm³/mol. The Morgan fingerprint density at radius 3 is 2.65 bits per heavy atom. The van der Waals surface area contributed by atoms with E-state index in [1.54, 1.807) is 6.92 Å². The van der Waals surface area contributed by atoms with E-state index in [0.29, 0.717) is 6.17 Å². The highest BCUT2D eigenvalue weighted by atomic mass is 16.1. The van der Waals surface area contributed by atoms with Gasteiger partial charge in [-0.25, -0.2) is 4.99 Å². The zero-order valence-corrected chi connectivity index (χ0v) is 15.4. The van der Waals surface area contributed by atoms with Gasteiger partial charge in [0.1, 0.15) is 6.54 Å². The summed E-state index contributed by atoms with van der Waals surface area (Å²) in [5.41, 5.74) is 0. The van der Waals surface area contributed by atoms with Crippen LogP contribution in [0.2, 0.25) is 0 Å². The van der Waals surface area contributed by atoms with E-state index in [1.807, 2.05) is 0 Å². The largest absolute Gasteiger partial charge is 0.351 e. The molecule has 0 aliphatic carbocycles. The Morgan fingerprint density at radius 1 is 1.26 bits per heavy atom. The van der Waals surface area contributed by atoms with Crippen LogP contribution in [0.3, 0.4) is 0 Å². The maximum atomic E-state index is 11.1. The summed E-state index contributed by atoms with van der Waals surface area (Å²) in [4.78, 5) is 15.8. The number of hydrogen-bond donors (Lipinski definition) is 1. The first-order valence-electron chi connectivity index (χ1n) is 9.41. The van der Waals surface area contributed by atoms with Crippen molar-refractivity contribution >= 4 is 12.1 Å². The SMILES string of the molecule is CCCC/C=C/CCCCC1N=CC[N+]1(CC)CCNC(C)=O. The van der Waals surface area contributed by atoms with Crippen molar-refractivity contribution in [3.8, 4) is 0 Å². The van der Waals surface area contributed by atoms with E-state index in [-0.39, 0.29) is 5.91 Å². The van der Waals surface area contributed by atoms with E-state index in [2.05, 4.69) is 37.5 Å². The lowest BCUT2D eigenvalue weighted by Gasteiger charge is -2.38. The van der Waals surface area contributed by atoms with E-state index >= 15 is 0 Å². The number of likely N-dealkylation sites (N-methyl/N-ethyl adjacent to an activating group) is 1. The first kappa shape index (κ1) is 19.9. The number of rotatable bonds is 12. The number of amides is 1. The van der Waals surface area contributed by atoms with Gasteiger partial charge in [0, 0.05) is 13.3 Å². The van der Waals surface area contributed by atoms with Gasteiger partial charge in [-0.1, -0.05) is 31.9 Å². The van der Waals surface area contributed by atoms with Gasteiger partial charge < -0.3 is 5.32 Å². The molecule has 2 atom stereocenters. The fraction of sp³-hybridized carbons (Fsp3) is 0.789. The Labute approximate surface area is 142 Å². The van der Waals surface area contributed by atoms with Crippen LogP contribution in [0.15, 0.2) is 17.1 Å². The van der Waals surface area contributed by atoms with E-state index in [9.17, 15) is 4.79 Å². The summed E-state index contributed by atoms with van der Waals surface area (Å²) in [6.45, 7) is 9.90. The Balaban J connectivity index is 2.28. The van der Waals surface area contributed by atoms with Gasteiger partial charge >= 0.3 is 0 Å². The van der Waals surface area contributed by atoms with E-state index in [0.717, 1.165) is 37.1 Å². The van der Waals surface area contributed by atoms with Crippen molar-refractivity contribution in [2.45, 2.75) is 71.9 Å². The average molecular weight is 323 g/mol. The second-order valence-corrected chi connectivity index (χ2v) is 6.63. The summed E-state index contributed by atoms with van der Waals surface area (Å²) in [7, 11) is 0. The number of aliphatic imine (C=N–C) groups is 1. The normalized spacial score (nSPS) is 23.7. The van der Waals surface area contributed by atoms with Gasteiger partial charge in [0.05, 0.1) is 25.8 Å². The zero-order valence-electron chi connectivity index (χ0n) is 15.4. The van der Waals surface area contributed by atoms with Gasteiger partial charge in [-0.2, -0.15) is 0 Å². The second-order valence-electron chi connectivity index (χ2n) is 6.63. The number of allylic oxidation sites excluding steroid dienone is 2. The van der Waals surface area contributed by atoms with Gasteiger partial charge in [-0.15, -0.1) is 0 Å². The quantitative estimate of drug-likeness (QED) is 0.332. The second kappa shape index (κ2) is 11.4. The molecule has 0 saturated heterocycles. The predicted octanol–water partition coefficient (Wildman–Crippen LogP) is 3.68. The molecule has 1 aliphatic heterocycles. The molecule has 0 aromatic carbocycles. The van der Waals surface area contributed by atoms with E-state index in [1.165, 1.54) is 38.5 Å². The van der Waals surface area contributed by atoms with Crippen molar-refractivity contribution in [3.05, 3.63) is 12.2 Å². The number of carbonyl (C=O) groups is 1. The smallest absolute Gasteiger partial charge is 0.217 e. The Morgan fingerprint density at radius 2 is 2.00 bits per heavy atom. The Kier molecular flexibility index (Phi) is 9.85. The lowest BCUT2D eigenvalue weighted by Crippen LogP contribution is -2.55. The minimum Gasteiger partial charge on any atom is -0.351 e. The molecular formula is C19H36N3O+. The highest BCUT2D eigenvalue weighted by molar-refractivity contribution is 5.72. The van der Waals surface area contributed by atoms with Crippen molar-refractivity contribution < 1.29 is 9.28 Å². The molecule has 1 N–H and O–H groups in total. The fourth-order valence-corrected chi connectivity index (χ4v) is 3.28. The van der Waals surface area contributed by atoms with Crippen LogP contribution in [0, 0.1) is 0 Å². The summed E-state index contributed by atoms with van der Waals surface area (Å²) in [5, 5.41) is 2.93. The number of nitrogens with one attached hydrogen (secondary N) is 1. The summed E-state index contributed by atoms with van der Waals surface area (Å²) in [5.74, 6) is 0.0609. The van der Waals surface area contributed by atoms with Gasteiger partial charge in [0.2, 0.25) is 5.91 Å². The van der Waals surface area contributed by atoms with Gasteiger partial charge in [0.15, 0.2) is 6.17 Å². The zero-order chi connectivity index (χ0) is 17.0. The molecule has 1 amide bonds. The van der Waals surface area contributed by atoms with Crippen molar-refractivity contribution in [2.24, 2.45) is 4.99 Å². The number of unbranched alkanes of at least 4 members (excludes halogenated alkanes) is 4. The Bertz CT molecular complexity index is 392. The molecule has 1 heterocycles. The van der Waals surface area contributed by atoms with E-state index < -0.39 is 0 Å². The van der Waals surface area contributed by atoms with Crippen LogP contribution in [0.25, 0.3) is 0 Å². The molecule has 23 heavy (non-hydrogen) atoms. The molecule has 0 saturated carbocycles. The molecule has 1 aliphatic rings. The minimum atomic E-state index is 0.0609. The summed E-state index contributed by atoms with van der Waals surface area (Å²) in [6.07, 6.45) is 15.8. The lowest BCUT2D eigenvalue weighted by atomic mass is 10.1. The standard InChI is InChI=1S/C19H35N3O/c1-4-6-7-8-9-10-11-12-13-19-21-15-17-22(19,5-2)16-14-20-18(3)23/h8-9,15,19H,4-7,10-14,16-17H2,1-3H3/p+1/b9-8+. The van der Waals surface area contributed by atoms with E-state index in [4.69, 9.17) is 4.99 Å². The monoisotopic (exact) mass is 322 g/mol. The van der Waals surface area contributed by atoms with Crippen molar-refractivity contribution in [1.29, 1.82) is 0 Å². The average Bonchev–Trinajstić information content (AvgIpc) is 2.93. The molecule has 0 spiro atoms.